The fourth-order valence-electron chi connectivity index (χ4n) is 1.91. The molecular weight excluding hydrogens is 390 g/mol. The lowest BCUT2D eigenvalue weighted by molar-refractivity contribution is 0.101. The molecule has 0 N–H and O–H groups in total. The van der Waals surface area contributed by atoms with Gasteiger partial charge < -0.3 is 4.90 Å². The Morgan fingerprint density at radius 3 is 2.63 bits per heavy atom. The van der Waals surface area contributed by atoms with Crippen molar-refractivity contribution in [1.82, 2.24) is 0 Å². The van der Waals surface area contributed by atoms with Gasteiger partial charge in [-0.25, -0.2) is 0 Å². The van der Waals surface area contributed by atoms with Crippen molar-refractivity contribution in [2.75, 3.05) is 11.9 Å². The van der Waals surface area contributed by atoms with Gasteiger partial charge in [0.2, 0.25) is 0 Å². The predicted molar refractivity (Wildman–Crippen MR) is 88.3 cm³/mol. The molecule has 5 heteroatoms. The summed E-state index contributed by atoms with van der Waals surface area (Å²) in [6.07, 6.45) is 0. The van der Waals surface area contributed by atoms with Crippen molar-refractivity contribution < 1.29 is 4.79 Å². The largest absolute Gasteiger partial charge is 0.370 e. The van der Waals surface area contributed by atoms with Crippen LogP contribution < -0.4 is 4.90 Å². The van der Waals surface area contributed by atoms with E-state index in [9.17, 15) is 4.79 Å². The lowest BCUT2D eigenvalue weighted by Crippen LogP contribution is -2.18. The summed E-state index contributed by atoms with van der Waals surface area (Å²) in [4.78, 5) is 13.8. The molecule has 0 amide bonds. The van der Waals surface area contributed by atoms with Crippen LogP contribution in [0.1, 0.15) is 22.8 Å². The molecule has 0 atom stereocenters. The molecule has 19 heavy (non-hydrogen) atoms. The lowest BCUT2D eigenvalue weighted by Gasteiger charge is -2.21. The van der Waals surface area contributed by atoms with Crippen LogP contribution in [0.2, 0.25) is 0 Å². The normalized spacial score (nSPS) is 10.5. The molecule has 0 unspecified atom stereocenters. The molecule has 1 aromatic carbocycles. The summed E-state index contributed by atoms with van der Waals surface area (Å²) >= 11 is 8.59. The van der Waals surface area contributed by atoms with Crippen LogP contribution in [0.4, 0.5) is 5.69 Å². The van der Waals surface area contributed by atoms with E-state index in [1.807, 2.05) is 25.2 Å². The Morgan fingerprint density at radius 1 is 1.32 bits per heavy atom. The summed E-state index contributed by atoms with van der Waals surface area (Å²) in [5.41, 5.74) is 2.93. The van der Waals surface area contributed by atoms with Crippen LogP contribution in [-0.4, -0.2) is 12.8 Å². The van der Waals surface area contributed by atoms with E-state index in [-0.39, 0.29) is 5.78 Å². The first-order chi connectivity index (χ1) is 8.97. The topological polar surface area (TPSA) is 20.3 Å². The molecule has 0 fully saturated rings. The number of benzene rings is 1. The molecule has 2 rings (SSSR count). The third-order valence-corrected chi connectivity index (χ3v) is 4.84. The summed E-state index contributed by atoms with van der Waals surface area (Å²) in [7, 11) is 2.00. The monoisotopic (exact) mass is 401 g/mol. The minimum absolute atomic E-state index is 0.0841. The van der Waals surface area contributed by atoms with Crippen LogP contribution in [0, 0.1) is 0 Å². The zero-order chi connectivity index (χ0) is 14.0. The van der Waals surface area contributed by atoms with Gasteiger partial charge in [-0.05, 0) is 58.1 Å². The van der Waals surface area contributed by atoms with Gasteiger partial charge in [-0.1, -0.05) is 15.9 Å². The van der Waals surface area contributed by atoms with Gasteiger partial charge >= 0.3 is 0 Å². The second-order valence-corrected chi connectivity index (χ2v) is 7.54. The molecule has 1 heterocycles. The highest BCUT2D eigenvalue weighted by atomic mass is 79.9. The van der Waals surface area contributed by atoms with Crippen LogP contribution in [0.3, 0.4) is 0 Å². The quantitative estimate of drug-likeness (QED) is 0.662. The zero-order valence-corrected chi connectivity index (χ0v) is 14.6. The molecule has 0 aliphatic carbocycles. The first-order valence-electron chi connectivity index (χ1n) is 5.72. The summed E-state index contributed by atoms with van der Waals surface area (Å²) in [5, 5.41) is 2.12. The van der Waals surface area contributed by atoms with Gasteiger partial charge in [-0.3, -0.25) is 4.79 Å². The van der Waals surface area contributed by atoms with E-state index in [1.165, 1.54) is 5.56 Å². The fourth-order valence-corrected chi connectivity index (χ4v) is 3.46. The highest BCUT2D eigenvalue weighted by Gasteiger charge is 2.12. The van der Waals surface area contributed by atoms with Gasteiger partial charge in [0.05, 0.1) is 3.79 Å². The van der Waals surface area contributed by atoms with Crippen molar-refractivity contribution in [2.24, 2.45) is 0 Å². The molecule has 0 spiro atoms. The number of anilines is 1. The highest BCUT2D eigenvalue weighted by molar-refractivity contribution is 9.11. The second-order valence-electron chi connectivity index (χ2n) is 4.33. The first kappa shape index (κ1) is 14.8. The van der Waals surface area contributed by atoms with Gasteiger partial charge in [0, 0.05) is 29.3 Å². The molecule has 0 aliphatic heterocycles. The van der Waals surface area contributed by atoms with Crippen LogP contribution in [0.5, 0.6) is 0 Å². The number of hydrogen-bond donors (Lipinski definition) is 0. The van der Waals surface area contributed by atoms with Crippen molar-refractivity contribution in [1.29, 1.82) is 0 Å². The van der Waals surface area contributed by atoms with Crippen LogP contribution in [0.25, 0.3) is 0 Å². The number of rotatable bonds is 4. The zero-order valence-electron chi connectivity index (χ0n) is 10.6. The van der Waals surface area contributed by atoms with Crippen LogP contribution in [0.15, 0.2) is 37.9 Å². The van der Waals surface area contributed by atoms with E-state index < -0.39 is 0 Å². The Labute approximate surface area is 133 Å². The standard InChI is InChI=1S/C14H13Br2NOS/c1-9(18)12-4-3-11(15)6-13(12)17(2)7-10-5-14(16)19-8-10/h3-6,8H,7H2,1-2H3. The SMILES string of the molecule is CC(=O)c1ccc(Br)cc1N(C)Cc1csc(Br)c1. The van der Waals surface area contributed by atoms with E-state index in [0.29, 0.717) is 0 Å². The van der Waals surface area contributed by atoms with E-state index >= 15 is 0 Å². The van der Waals surface area contributed by atoms with Crippen LogP contribution in [-0.2, 0) is 6.54 Å². The number of ketones is 1. The number of nitrogens with zero attached hydrogens (tertiary/aromatic N) is 1. The highest BCUT2D eigenvalue weighted by Crippen LogP contribution is 2.28. The molecule has 2 nitrogen and oxygen atoms in total. The summed E-state index contributed by atoms with van der Waals surface area (Å²) in [5.74, 6) is 0.0841. The minimum Gasteiger partial charge on any atom is -0.370 e. The average molecular weight is 403 g/mol. The third kappa shape index (κ3) is 3.68. The van der Waals surface area contributed by atoms with E-state index in [1.54, 1.807) is 18.3 Å². The third-order valence-electron chi connectivity index (χ3n) is 2.79. The number of carbonyl (C=O) groups excluding carboxylic acids is 1. The summed E-state index contributed by atoms with van der Waals surface area (Å²) in [6, 6.07) is 7.85. The predicted octanol–water partition coefficient (Wildman–Crippen LogP) is 5.11. The molecule has 0 saturated heterocycles. The Kier molecular flexibility index (Phi) is 4.81. The molecule has 2 aromatic rings. The maximum absolute atomic E-state index is 11.7. The number of carbonyl (C=O) groups is 1. The summed E-state index contributed by atoms with van der Waals surface area (Å²) < 4.78 is 2.10. The summed E-state index contributed by atoms with van der Waals surface area (Å²) in [6.45, 7) is 2.38. The molecule has 0 radical (unpaired) electrons. The van der Waals surface area contributed by atoms with Crippen molar-refractivity contribution in [3.05, 3.63) is 49.0 Å². The molecule has 1 aromatic heterocycles. The molecule has 0 aliphatic rings. The van der Waals surface area contributed by atoms with E-state index in [4.69, 9.17) is 0 Å². The molecular formula is C14H13Br2NOS. The molecule has 100 valence electrons. The van der Waals surface area contributed by atoms with Gasteiger partial charge in [0.25, 0.3) is 0 Å². The van der Waals surface area contributed by atoms with Crippen LogP contribution >= 0.6 is 43.2 Å². The number of thiophene rings is 1. The maximum atomic E-state index is 11.7. The average Bonchev–Trinajstić information content (AvgIpc) is 2.74. The Bertz CT molecular complexity index is 609. The smallest absolute Gasteiger partial charge is 0.161 e. The minimum atomic E-state index is 0.0841. The fraction of sp³-hybridized carbons (Fsp3) is 0.214. The number of Topliss-reactive ketones (excluding diaryl/α,β-unsaturated/α-hetero) is 1. The van der Waals surface area contributed by atoms with Gasteiger partial charge in [-0.2, -0.15) is 0 Å². The number of halogens is 2. The lowest BCUT2D eigenvalue weighted by atomic mass is 10.1. The molecule has 0 saturated carbocycles. The second kappa shape index (κ2) is 6.20. The van der Waals surface area contributed by atoms with Crippen molar-refractivity contribution in [2.45, 2.75) is 13.5 Å². The van der Waals surface area contributed by atoms with Crippen molar-refractivity contribution in [3.8, 4) is 0 Å². The van der Waals surface area contributed by atoms with E-state index in [0.717, 1.165) is 26.1 Å². The number of hydrogen-bond acceptors (Lipinski definition) is 3. The van der Waals surface area contributed by atoms with Gasteiger partial charge in [0.15, 0.2) is 5.78 Å². The Hall–Kier alpha value is -0.650. The Balaban J connectivity index is 2.29. The Morgan fingerprint density at radius 2 is 2.05 bits per heavy atom. The van der Waals surface area contributed by atoms with Gasteiger partial charge in [0.1, 0.15) is 0 Å². The van der Waals surface area contributed by atoms with Crippen molar-refractivity contribution >= 4 is 54.7 Å². The first-order valence-corrected chi connectivity index (χ1v) is 8.18. The van der Waals surface area contributed by atoms with E-state index in [2.05, 4.69) is 48.2 Å². The maximum Gasteiger partial charge on any atom is 0.161 e. The van der Waals surface area contributed by atoms with Gasteiger partial charge in [-0.15, -0.1) is 11.3 Å². The molecule has 0 bridgehead atoms. The van der Waals surface area contributed by atoms with Crippen molar-refractivity contribution in [3.63, 3.8) is 0 Å².